The third-order valence-electron chi connectivity index (χ3n) is 4.16. The Morgan fingerprint density at radius 3 is 2.80 bits per heavy atom. The average molecular weight is 366 g/mol. The lowest BCUT2D eigenvalue weighted by atomic mass is 10.1. The van der Waals surface area contributed by atoms with Crippen molar-refractivity contribution < 1.29 is 19.2 Å². The lowest BCUT2D eigenvalue weighted by Gasteiger charge is -2.28. The Balaban J connectivity index is 2.27. The van der Waals surface area contributed by atoms with Gasteiger partial charge >= 0.3 is 5.97 Å². The van der Waals surface area contributed by atoms with Crippen LogP contribution in [-0.4, -0.2) is 46.0 Å². The molecule has 0 saturated carbocycles. The summed E-state index contributed by atoms with van der Waals surface area (Å²) in [4.78, 5) is 37.0. The summed E-state index contributed by atoms with van der Waals surface area (Å²) in [6, 6.07) is 4.95. The van der Waals surface area contributed by atoms with E-state index in [2.05, 4.69) is 6.92 Å². The molecule has 0 unspecified atom stereocenters. The van der Waals surface area contributed by atoms with Gasteiger partial charge in [-0.2, -0.15) is 0 Å². The minimum atomic E-state index is -0.659. The minimum absolute atomic E-state index is 0.123. The molecule has 1 aliphatic rings. The number of nitrogens with zero attached hydrogens (tertiary/aromatic N) is 2. The largest absolute Gasteiger partial charge is 0.467 e. The highest BCUT2D eigenvalue weighted by Crippen LogP contribution is 2.34. The van der Waals surface area contributed by atoms with Crippen molar-refractivity contribution in [2.45, 2.75) is 44.0 Å². The summed E-state index contributed by atoms with van der Waals surface area (Å²) in [7, 11) is 1.30. The summed E-state index contributed by atoms with van der Waals surface area (Å²) >= 11 is 1.56. The summed E-state index contributed by atoms with van der Waals surface area (Å²) in [5, 5.41) is 10.8. The third kappa shape index (κ3) is 4.50. The predicted octanol–water partition coefficient (Wildman–Crippen LogP) is 3.23. The third-order valence-corrected chi connectivity index (χ3v) is 5.51. The van der Waals surface area contributed by atoms with Crippen LogP contribution in [0.5, 0.6) is 0 Å². The van der Waals surface area contributed by atoms with Crippen molar-refractivity contribution in [1.82, 2.24) is 4.90 Å². The maximum atomic E-state index is 13.0. The summed E-state index contributed by atoms with van der Waals surface area (Å²) in [5.41, 5.74) is 0.0703. The number of non-ortho nitro benzene ring substituents is 1. The summed E-state index contributed by atoms with van der Waals surface area (Å²) in [5.74, 6) is -0.348. The smallest absolute Gasteiger partial charge is 0.329 e. The van der Waals surface area contributed by atoms with E-state index in [1.165, 1.54) is 36.3 Å². The van der Waals surface area contributed by atoms with E-state index in [1.807, 2.05) is 0 Å². The number of benzene rings is 1. The second-order valence-corrected chi connectivity index (χ2v) is 7.05. The van der Waals surface area contributed by atoms with Crippen LogP contribution in [0.3, 0.4) is 0 Å². The molecule has 1 amide bonds. The van der Waals surface area contributed by atoms with Gasteiger partial charge in [-0.15, -0.1) is 11.8 Å². The first-order valence-corrected chi connectivity index (χ1v) is 9.31. The van der Waals surface area contributed by atoms with Crippen LogP contribution in [-0.2, 0) is 9.53 Å². The molecule has 0 spiro atoms. The molecular formula is C17H22N2O5S. The van der Waals surface area contributed by atoms with Gasteiger partial charge in [0, 0.05) is 23.4 Å². The maximum absolute atomic E-state index is 13.0. The second-order valence-electron chi connectivity index (χ2n) is 5.84. The quantitative estimate of drug-likeness (QED) is 0.318. The highest BCUT2D eigenvalue weighted by atomic mass is 32.2. The molecule has 0 N–H and O–H groups in total. The highest BCUT2D eigenvalue weighted by molar-refractivity contribution is 8.00. The van der Waals surface area contributed by atoms with Crippen LogP contribution in [0.4, 0.5) is 5.69 Å². The number of esters is 1. The van der Waals surface area contributed by atoms with E-state index < -0.39 is 16.9 Å². The van der Waals surface area contributed by atoms with E-state index >= 15 is 0 Å². The van der Waals surface area contributed by atoms with Gasteiger partial charge in [0.05, 0.1) is 17.4 Å². The van der Waals surface area contributed by atoms with Crippen molar-refractivity contribution >= 4 is 29.3 Å². The number of nitro groups is 1. The molecule has 8 heteroatoms. The normalized spacial score (nSPS) is 19.7. The first-order chi connectivity index (χ1) is 12.0. The number of hydrogen-bond acceptors (Lipinski definition) is 6. The molecule has 0 aliphatic carbocycles. The van der Waals surface area contributed by atoms with Crippen molar-refractivity contribution in [1.29, 1.82) is 0 Å². The van der Waals surface area contributed by atoms with Gasteiger partial charge in [0.2, 0.25) is 0 Å². The number of methoxy groups -OCH3 is 1. The molecule has 2 rings (SSSR count). The van der Waals surface area contributed by atoms with E-state index in [4.69, 9.17) is 4.74 Å². The molecule has 1 saturated heterocycles. The van der Waals surface area contributed by atoms with E-state index in [0.717, 1.165) is 25.7 Å². The van der Waals surface area contributed by atoms with Crippen molar-refractivity contribution in [3.63, 3.8) is 0 Å². The average Bonchev–Trinajstić information content (AvgIpc) is 3.04. The Kier molecular flexibility index (Phi) is 6.81. The molecule has 136 valence electrons. The van der Waals surface area contributed by atoms with Crippen molar-refractivity contribution in [2.24, 2.45) is 0 Å². The van der Waals surface area contributed by atoms with Crippen LogP contribution in [0.1, 0.15) is 43.0 Å². The molecule has 1 aromatic rings. The van der Waals surface area contributed by atoms with Crippen LogP contribution in [0.25, 0.3) is 0 Å². The molecule has 1 aliphatic heterocycles. The van der Waals surface area contributed by atoms with Crippen molar-refractivity contribution in [2.75, 3.05) is 12.9 Å². The zero-order valence-electron chi connectivity index (χ0n) is 14.3. The molecule has 25 heavy (non-hydrogen) atoms. The van der Waals surface area contributed by atoms with Crippen LogP contribution in [0.2, 0.25) is 0 Å². The van der Waals surface area contributed by atoms with Crippen LogP contribution in [0, 0.1) is 10.1 Å². The molecule has 2 atom stereocenters. The van der Waals surface area contributed by atoms with Crippen molar-refractivity contribution in [3.05, 3.63) is 39.9 Å². The first kappa shape index (κ1) is 19.2. The molecule has 1 fully saturated rings. The zero-order valence-corrected chi connectivity index (χ0v) is 15.2. The van der Waals surface area contributed by atoms with Gasteiger partial charge in [-0.25, -0.2) is 4.79 Å². The Morgan fingerprint density at radius 2 is 2.16 bits per heavy atom. The van der Waals surface area contributed by atoms with E-state index in [0.29, 0.717) is 5.75 Å². The molecule has 1 aromatic carbocycles. The predicted molar refractivity (Wildman–Crippen MR) is 95.5 cm³/mol. The Morgan fingerprint density at radius 1 is 1.40 bits per heavy atom. The summed E-state index contributed by atoms with van der Waals surface area (Å²) < 4.78 is 4.83. The topological polar surface area (TPSA) is 89.8 Å². The van der Waals surface area contributed by atoms with Gasteiger partial charge in [-0.05, 0) is 12.5 Å². The van der Waals surface area contributed by atoms with Crippen molar-refractivity contribution in [3.8, 4) is 0 Å². The lowest BCUT2D eigenvalue weighted by molar-refractivity contribution is -0.384. The van der Waals surface area contributed by atoms with E-state index in [9.17, 15) is 19.7 Å². The Bertz CT molecular complexity index is 652. The SMILES string of the molecule is CCCCC[C@@H]1SC[C@@H](C(=O)OC)N1C(=O)c1cccc([N+](=O)[O-])c1. The standard InChI is InChI=1S/C17H22N2O5S/c1-3-4-5-9-15-18(14(11-25-15)17(21)24-2)16(20)12-7-6-8-13(10-12)19(22)23/h6-8,10,14-15H,3-5,9,11H2,1-2H3/t14-,15-/m0/s1. The van der Waals surface area contributed by atoms with Gasteiger partial charge in [-0.1, -0.05) is 32.3 Å². The molecule has 1 heterocycles. The summed E-state index contributed by atoms with van der Waals surface area (Å²) in [6.07, 6.45) is 3.86. The Hall–Kier alpha value is -2.09. The number of amides is 1. The zero-order chi connectivity index (χ0) is 18.4. The van der Waals surface area contributed by atoms with E-state index in [-0.39, 0.29) is 22.5 Å². The number of rotatable bonds is 7. The number of ether oxygens (including phenoxy) is 1. The van der Waals surface area contributed by atoms with Gasteiger partial charge in [-0.3, -0.25) is 14.9 Å². The molecule has 0 bridgehead atoms. The molecule has 0 radical (unpaired) electrons. The van der Waals surface area contributed by atoms with E-state index in [1.54, 1.807) is 11.8 Å². The number of carbonyl (C=O) groups excluding carboxylic acids is 2. The number of carbonyl (C=O) groups is 2. The molecule has 0 aromatic heterocycles. The monoisotopic (exact) mass is 366 g/mol. The minimum Gasteiger partial charge on any atom is -0.467 e. The first-order valence-electron chi connectivity index (χ1n) is 8.26. The highest BCUT2D eigenvalue weighted by Gasteiger charge is 2.42. The fourth-order valence-electron chi connectivity index (χ4n) is 2.85. The Labute approximate surface area is 150 Å². The summed E-state index contributed by atoms with van der Waals surface area (Å²) in [6.45, 7) is 2.10. The van der Waals surface area contributed by atoms with Gasteiger partial charge in [0.15, 0.2) is 0 Å². The molecule has 7 nitrogen and oxygen atoms in total. The number of unbranched alkanes of at least 4 members (excludes halogenated alkanes) is 2. The maximum Gasteiger partial charge on any atom is 0.329 e. The van der Waals surface area contributed by atoms with Crippen LogP contribution >= 0.6 is 11.8 Å². The number of thioether (sulfide) groups is 1. The number of hydrogen-bond donors (Lipinski definition) is 0. The fourth-order valence-corrected chi connectivity index (χ4v) is 4.28. The van der Waals surface area contributed by atoms with Crippen LogP contribution in [0.15, 0.2) is 24.3 Å². The van der Waals surface area contributed by atoms with Gasteiger partial charge < -0.3 is 9.64 Å². The van der Waals surface area contributed by atoms with Crippen LogP contribution < -0.4 is 0 Å². The number of nitro benzene ring substituents is 1. The second kappa shape index (κ2) is 8.84. The van der Waals surface area contributed by atoms with Gasteiger partial charge in [0.25, 0.3) is 11.6 Å². The fraction of sp³-hybridized carbons (Fsp3) is 0.529. The lowest BCUT2D eigenvalue weighted by Crippen LogP contribution is -2.46. The van der Waals surface area contributed by atoms with Gasteiger partial charge in [0.1, 0.15) is 6.04 Å². The molecular weight excluding hydrogens is 344 g/mol.